The number of hydrogen-bond acceptors (Lipinski definition) is 4. The highest BCUT2D eigenvalue weighted by Gasteiger charge is 2.14. The summed E-state index contributed by atoms with van der Waals surface area (Å²) in [5, 5.41) is 11.4. The zero-order valence-electron chi connectivity index (χ0n) is 13.9. The SMILES string of the molecule is COc1ccc(C(=O)NCCCCC(=O)O)c(OCC(C)C)c1. The maximum atomic E-state index is 12.3. The van der Waals surface area contributed by atoms with Gasteiger partial charge < -0.3 is 19.9 Å². The number of carboxylic acid groups (broad SMARTS) is 1. The number of carbonyl (C=O) groups excluding carboxylic acids is 1. The Morgan fingerprint density at radius 3 is 2.61 bits per heavy atom. The molecule has 1 amide bonds. The summed E-state index contributed by atoms with van der Waals surface area (Å²) < 4.78 is 10.9. The van der Waals surface area contributed by atoms with E-state index >= 15 is 0 Å². The molecule has 0 radical (unpaired) electrons. The van der Waals surface area contributed by atoms with Crippen molar-refractivity contribution < 1.29 is 24.2 Å². The van der Waals surface area contributed by atoms with Crippen molar-refractivity contribution in [2.45, 2.75) is 33.1 Å². The van der Waals surface area contributed by atoms with Crippen LogP contribution in [-0.4, -0.2) is 37.2 Å². The van der Waals surface area contributed by atoms with Gasteiger partial charge in [-0.25, -0.2) is 0 Å². The summed E-state index contributed by atoms with van der Waals surface area (Å²) in [7, 11) is 1.56. The number of unbranched alkanes of at least 4 members (excludes halogenated alkanes) is 1. The van der Waals surface area contributed by atoms with Crippen LogP contribution in [0.1, 0.15) is 43.5 Å². The molecule has 2 N–H and O–H groups in total. The van der Waals surface area contributed by atoms with Crippen LogP contribution < -0.4 is 14.8 Å². The maximum absolute atomic E-state index is 12.3. The van der Waals surface area contributed by atoms with Crippen LogP contribution >= 0.6 is 0 Å². The molecule has 0 saturated carbocycles. The van der Waals surface area contributed by atoms with Gasteiger partial charge in [-0.2, -0.15) is 0 Å². The molecule has 0 bridgehead atoms. The first kappa shape index (κ1) is 18.8. The first-order valence-corrected chi connectivity index (χ1v) is 7.75. The smallest absolute Gasteiger partial charge is 0.303 e. The summed E-state index contributed by atoms with van der Waals surface area (Å²) in [5.41, 5.74) is 0.449. The summed E-state index contributed by atoms with van der Waals surface area (Å²) in [6, 6.07) is 5.07. The lowest BCUT2D eigenvalue weighted by atomic mass is 10.1. The second-order valence-corrected chi connectivity index (χ2v) is 5.67. The summed E-state index contributed by atoms with van der Waals surface area (Å²) >= 11 is 0. The third-order valence-electron chi connectivity index (χ3n) is 3.11. The van der Waals surface area contributed by atoms with Gasteiger partial charge in [0, 0.05) is 19.0 Å². The molecule has 0 unspecified atom stereocenters. The third kappa shape index (κ3) is 7.04. The quantitative estimate of drug-likeness (QED) is 0.647. The second-order valence-electron chi connectivity index (χ2n) is 5.67. The maximum Gasteiger partial charge on any atom is 0.303 e. The number of carboxylic acids is 1. The van der Waals surface area contributed by atoms with Gasteiger partial charge in [-0.05, 0) is 30.9 Å². The van der Waals surface area contributed by atoms with Crippen molar-refractivity contribution in [2.75, 3.05) is 20.3 Å². The van der Waals surface area contributed by atoms with E-state index in [2.05, 4.69) is 5.32 Å². The van der Waals surface area contributed by atoms with Gasteiger partial charge in [-0.3, -0.25) is 9.59 Å². The minimum absolute atomic E-state index is 0.112. The van der Waals surface area contributed by atoms with Crippen LogP contribution in [0.5, 0.6) is 11.5 Å². The topological polar surface area (TPSA) is 84.9 Å². The predicted octanol–water partition coefficient (Wildman–Crippen LogP) is 2.71. The molecule has 0 aliphatic rings. The molecule has 0 aliphatic carbocycles. The predicted molar refractivity (Wildman–Crippen MR) is 87.1 cm³/mol. The highest BCUT2D eigenvalue weighted by Crippen LogP contribution is 2.25. The van der Waals surface area contributed by atoms with E-state index in [1.165, 1.54) is 0 Å². The molecule has 23 heavy (non-hydrogen) atoms. The summed E-state index contributed by atoms with van der Waals surface area (Å²) in [6.45, 7) is 5.00. The van der Waals surface area contributed by atoms with Crippen LogP contribution in [0.15, 0.2) is 18.2 Å². The molecular weight excluding hydrogens is 298 g/mol. The number of amides is 1. The Hall–Kier alpha value is -2.24. The first-order valence-electron chi connectivity index (χ1n) is 7.75. The van der Waals surface area contributed by atoms with E-state index in [0.717, 1.165) is 0 Å². The second kappa shape index (κ2) is 9.71. The molecule has 0 heterocycles. The minimum atomic E-state index is -0.823. The van der Waals surface area contributed by atoms with E-state index in [-0.39, 0.29) is 12.3 Å². The van der Waals surface area contributed by atoms with E-state index in [9.17, 15) is 9.59 Å². The van der Waals surface area contributed by atoms with E-state index < -0.39 is 5.97 Å². The average Bonchev–Trinajstić information content (AvgIpc) is 2.51. The average molecular weight is 323 g/mol. The standard InChI is InChI=1S/C17H25NO5/c1-12(2)11-23-15-10-13(22-3)7-8-14(15)17(21)18-9-5-4-6-16(19)20/h7-8,10,12H,4-6,9,11H2,1-3H3,(H,18,21)(H,19,20). The van der Waals surface area contributed by atoms with Crippen LogP contribution in [0.3, 0.4) is 0 Å². The van der Waals surface area contributed by atoms with Crippen LogP contribution in [0.25, 0.3) is 0 Å². The van der Waals surface area contributed by atoms with Crippen molar-refractivity contribution in [1.29, 1.82) is 0 Å². The number of methoxy groups -OCH3 is 1. The van der Waals surface area contributed by atoms with E-state index in [1.54, 1.807) is 25.3 Å². The van der Waals surface area contributed by atoms with E-state index in [4.69, 9.17) is 14.6 Å². The van der Waals surface area contributed by atoms with Crippen molar-refractivity contribution in [1.82, 2.24) is 5.32 Å². The molecular formula is C17H25NO5. The Morgan fingerprint density at radius 1 is 1.26 bits per heavy atom. The highest BCUT2D eigenvalue weighted by atomic mass is 16.5. The molecule has 0 aromatic heterocycles. The minimum Gasteiger partial charge on any atom is -0.497 e. The fraction of sp³-hybridized carbons (Fsp3) is 0.529. The lowest BCUT2D eigenvalue weighted by Gasteiger charge is -2.14. The van der Waals surface area contributed by atoms with Crippen molar-refractivity contribution in [2.24, 2.45) is 5.92 Å². The highest BCUT2D eigenvalue weighted by molar-refractivity contribution is 5.97. The Kier molecular flexibility index (Phi) is 7.94. The van der Waals surface area contributed by atoms with Gasteiger partial charge in [0.2, 0.25) is 0 Å². The van der Waals surface area contributed by atoms with Crippen molar-refractivity contribution in [3.8, 4) is 11.5 Å². The largest absolute Gasteiger partial charge is 0.497 e. The van der Waals surface area contributed by atoms with E-state index in [1.807, 2.05) is 13.8 Å². The normalized spacial score (nSPS) is 10.4. The molecule has 6 heteroatoms. The third-order valence-corrected chi connectivity index (χ3v) is 3.11. The van der Waals surface area contributed by atoms with Crippen LogP contribution in [-0.2, 0) is 4.79 Å². The number of nitrogens with one attached hydrogen (secondary N) is 1. The monoisotopic (exact) mass is 323 g/mol. The Bertz CT molecular complexity index is 528. The summed E-state index contributed by atoms with van der Waals surface area (Å²) in [6.07, 6.45) is 1.27. The Balaban J connectivity index is 2.64. The number of carbonyl (C=O) groups is 2. The van der Waals surface area contributed by atoms with Crippen LogP contribution in [0.2, 0.25) is 0 Å². The van der Waals surface area contributed by atoms with Crippen LogP contribution in [0.4, 0.5) is 0 Å². The lowest BCUT2D eigenvalue weighted by Crippen LogP contribution is -2.25. The molecule has 0 saturated heterocycles. The number of aliphatic carboxylic acids is 1. The van der Waals surface area contributed by atoms with Gasteiger partial charge in [-0.1, -0.05) is 13.8 Å². The van der Waals surface area contributed by atoms with Gasteiger partial charge in [0.25, 0.3) is 5.91 Å². The van der Waals surface area contributed by atoms with Gasteiger partial charge in [0.15, 0.2) is 0 Å². The number of rotatable bonds is 10. The molecule has 1 aromatic carbocycles. The molecule has 0 spiro atoms. The zero-order valence-corrected chi connectivity index (χ0v) is 13.9. The lowest BCUT2D eigenvalue weighted by molar-refractivity contribution is -0.137. The molecule has 1 aromatic rings. The summed E-state index contributed by atoms with van der Waals surface area (Å²) in [4.78, 5) is 22.7. The Labute approximate surface area is 136 Å². The molecule has 0 fully saturated rings. The fourth-order valence-corrected chi connectivity index (χ4v) is 1.89. The number of hydrogen-bond donors (Lipinski definition) is 2. The van der Waals surface area contributed by atoms with Crippen molar-refractivity contribution >= 4 is 11.9 Å². The molecule has 6 nitrogen and oxygen atoms in total. The van der Waals surface area contributed by atoms with Crippen molar-refractivity contribution in [3.63, 3.8) is 0 Å². The van der Waals surface area contributed by atoms with E-state index in [0.29, 0.717) is 49.0 Å². The van der Waals surface area contributed by atoms with Gasteiger partial charge >= 0.3 is 5.97 Å². The first-order chi connectivity index (χ1) is 10.9. The molecule has 0 atom stereocenters. The summed E-state index contributed by atoms with van der Waals surface area (Å²) in [5.74, 6) is 0.397. The Morgan fingerprint density at radius 2 is 2.00 bits per heavy atom. The fourth-order valence-electron chi connectivity index (χ4n) is 1.89. The van der Waals surface area contributed by atoms with Crippen LogP contribution in [0, 0.1) is 5.92 Å². The molecule has 128 valence electrons. The van der Waals surface area contributed by atoms with Gasteiger partial charge in [-0.15, -0.1) is 0 Å². The van der Waals surface area contributed by atoms with Gasteiger partial charge in [0.1, 0.15) is 11.5 Å². The number of benzene rings is 1. The molecule has 0 aliphatic heterocycles. The van der Waals surface area contributed by atoms with Crippen molar-refractivity contribution in [3.05, 3.63) is 23.8 Å². The van der Waals surface area contributed by atoms with Gasteiger partial charge in [0.05, 0.1) is 19.3 Å². The number of ether oxygens (including phenoxy) is 2. The molecule has 1 rings (SSSR count). The zero-order chi connectivity index (χ0) is 17.2.